The predicted octanol–water partition coefficient (Wildman–Crippen LogP) is 3.44. The largest absolute Gasteiger partial charge is 0.494 e. The Bertz CT molecular complexity index is 1000. The Hall–Kier alpha value is -3.34. The SMILES string of the molecule is CN(C)c1cccc(-c2[nH]c(O)c3c2C(=O)N=C3c2ccccc2)c1. The Balaban J connectivity index is 1.87. The lowest BCUT2D eigenvalue weighted by molar-refractivity contribution is 0.101. The molecule has 0 fully saturated rings. The highest BCUT2D eigenvalue weighted by molar-refractivity contribution is 6.30. The van der Waals surface area contributed by atoms with Crippen LogP contribution < -0.4 is 4.90 Å². The van der Waals surface area contributed by atoms with Gasteiger partial charge in [0.1, 0.15) is 0 Å². The van der Waals surface area contributed by atoms with Crippen molar-refractivity contribution in [1.29, 1.82) is 0 Å². The van der Waals surface area contributed by atoms with Crippen molar-refractivity contribution in [1.82, 2.24) is 4.98 Å². The van der Waals surface area contributed by atoms with Crippen molar-refractivity contribution < 1.29 is 9.90 Å². The second-order valence-electron chi connectivity index (χ2n) is 6.17. The molecule has 0 saturated heterocycles. The van der Waals surface area contributed by atoms with Crippen LogP contribution in [0.2, 0.25) is 0 Å². The van der Waals surface area contributed by atoms with Crippen LogP contribution in [-0.2, 0) is 0 Å². The number of aliphatic imine (C=N–C) groups is 1. The van der Waals surface area contributed by atoms with Crippen molar-refractivity contribution >= 4 is 17.3 Å². The van der Waals surface area contributed by atoms with E-state index in [4.69, 9.17) is 0 Å². The Morgan fingerprint density at radius 1 is 0.960 bits per heavy atom. The highest BCUT2D eigenvalue weighted by Gasteiger charge is 2.33. The van der Waals surface area contributed by atoms with Gasteiger partial charge in [0.2, 0.25) is 0 Å². The summed E-state index contributed by atoms with van der Waals surface area (Å²) in [5, 5.41) is 10.4. The van der Waals surface area contributed by atoms with E-state index < -0.39 is 0 Å². The van der Waals surface area contributed by atoms with E-state index in [0.29, 0.717) is 22.5 Å². The lowest BCUT2D eigenvalue weighted by atomic mass is 10.00. The Labute approximate surface area is 145 Å². The van der Waals surface area contributed by atoms with Crippen molar-refractivity contribution in [2.24, 2.45) is 4.99 Å². The number of aromatic nitrogens is 1. The fourth-order valence-electron chi connectivity index (χ4n) is 3.11. The van der Waals surface area contributed by atoms with Gasteiger partial charge in [-0.25, -0.2) is 4.99 Å². The minimum atomic E-state index is -0.337. The van der Waals surface area contributed by atoms with Crippen molar-refractivity contribution in [2.75, 3.05) is 19.0 Å². The fraction of sp³-hybridized carbons (Fsp3) is 0.100. The van der Waals surface area contributed by atoms with Crippen LogP contribution in [-0.4, -0.2) is 35.8 Å². The van der Waals surface area contributed by atoms with Gasteiger partial charge in [-0.1, -0.05) is 42.5 Å². The number of aromatic hydroxyl groups is 1. The van der Waals surface area contributed by atoms with Crippen LogP contribution in [0.15, 0.2) is 59.6 Å². The number of nitrogens with zero attached hydrogens (tertiary/aromatic N) is 2. The van der Waals surface area contributed by atoms with Crippen molar-refractivity contribution in [2.45, 2.75) is 0 Å². The molecule has 4 rings (SSSR count). The third-order valence-corrected chi connectivity index (χ3v) is 4.34. The summed E-state index contributed by atoms with van der Waals surface area (Å²) in [6, 6.07) is 17.2. The molecule has 0 unspecified atom stereocenters. The van der Waals surface area contributed by atoms with Crippen LogP contribution in [0.25, 0.3) is 11.3 Å². The monoisotopic (exact) mass is 331 g/mol. The Morgan fingerprint density at radius 3 is 2.40 bits per heavy atom. The molecule has 0 saturated carbocycles. The van der Waals surface area contributed by atoms with Crippen LogP contribution in [0.4, 0.5) is 5.69 Å². The molecule has 1 amide bonds. The quantitative estimate of drug-likeness (QED) is 0.772. The first-order chi connectivity index (χ1) is 12.1. The van der Waals surface area contributed by atoms with E-state index >= 15 is 0 Å². The molecular formula is C20H17N3O2. The number of anilines is 1. The first-order valence-corrected chi connectivity index (χ1v) is 7.98. The van der Waals surface area contributed by atoms with Crippen LogP contribution >= 0.6 is 0 Å². The normalized spacial score (nSPS) is 12.9. The molecular weight excluding hydrogens is 314 g/mol. The standard InChI is InChI=1S/C20H17N3O2/c1-23(2)14-10-6-9-13(11-14)18-16-15(19(24)22-18)17(21-20(16)25)12-7-4-3-5-8-12/h3-11,22,24H,1-2H3. The number of nitrogens with one attached hydrogen (secondary N) is 1. The molecule has 2 heterocycles. The predicted molar refractivity (Wildman–Crippen MR) is 98.6 cm³/mol. The van der Waals surface area contributed by atoms with Gasteiger partial charge < -0.3 is 15.0 Å². The Kier molecular flexibility index (Phi) is 3.42. The molecule has 0 atom stereocenters. The van der Waals surface area contributed by atoms with Crippen LogP contribution in [0.5, 0.6) is 5.88 Å². The molecule has 2 aromatic carbocycles. The van der Waals surface area contributed by atoms with Gasteiger partial charge in [-0.3, -0.25) is 4.79 Å². The summed E-state index contributed by atoms with van der Waals surface area (Å²) in [5.41, 5.74) is 4.64. The van der Waals surface area contributed by atoms with Crippen molar-refractivity contribution in [3.05, 3.63) is 71.3 Å². The number of carbonyl (C=O) groups excluding carboxylic acids is 1. The summed E-state index contributed by atoms with van der Waals surface area (Å²) >= 11 is 0. The molecule has 1 aromatic heterocycles. The maximum absolute atomic E-state index is 12.5. The maximum Gasteiger partial charge on any atom is 0.280 e. The number of aromatic amines is 1. The second kappa shape index (κ2) is 5.63. The van der Waals surface area contributed by atoms with Gasteiger partial charge in [0.05, 0.1) is 22.5 Å². The zero-order valence-corrected chi connectivity index (χ0v) is 13.9. The van der Waals surface area contributed by atoms with Gasteiger partial charge >= 0.3 is 0 Å². The smallest absolute Gasteiger partial charge is 0.280 e. The van der Waals surface area contributed by atoms with Gasteiger partial charge in [0, 0.05) is 30.9 Å². The number of H-pyrrole nitrogens is 1. The average molecular weight is 331 g/mol. The molecule has 0 aliphatic carbocycles. The van der Waals surface area contributed by atoms with E-state index in [1.807, 2.05) is 73.6 Å². The molecule has 3 aromatic rings. The van der Waals surface area contributed by atoms with Gasteiger partial charge in [-0.2, -0.15) is 0 Å². The van der Waals surface area contributed by atoms with Gasteiger partial charge in [0.15, 0.2) is 5.88 Å². The second-order valence-corrected chi connectivity index (χ2v) is 6.17. The van der Waals surface area contributed by atoms with Gasteiger partial charge in [-0.05, 0) is 12.1 Å². The third kappa shape index (κ3) is 2.41. The number of hydrogen-bond donors (Lipinski definition) is 2. The average Bonchev–Trinajstić information content (AvgIpc) is 3.15. The highest BCUT2D eigenvalue weighted by atomic mass is 16.3. The van der Waals surface area contributed by atoms with E-state index in [2.05, 4.69) is 9.98 Å². The number of amides is 1. The molecule has 124 valence electrons. The van der Waals surface area contributed by atoms with E-state index in [1.165, 1.54) is 0 Å². The summed E-state index contributed by atoms with van der Waals surface area (Å²) in [4.78, 5) is 21.7. The maximum atomic E-state index is 12.5. The van der Waals surface area contributed by atoms with E-state index in [9.17, 15) is 9.90 Å². The lowest BCUT2D eigenvalue weighted by Crippen LogP contribution is -2.08. The molecule has 1 aliphatic rings. The number of rotatable bonds is 3. The number of fused-ring (bicyclic) bond motifs is 1. The molecule has 2 N–H and O–H groups in total. The number of carbonyl (C=O) groups is 1. The van der Waals surface area contributed by atoms with Crippen LogP contribution in [0.3, 0.4) is 0 Å². The van der Waals surface area contributed by atoms with E-state index in [0.717, 1.165) is 16.8 Å². The van der Waals surface area contributed by atoms with Crippen molar-refractivity contribution in [3.63, 3.8) is 0 Å². The zero-order valence-electron chi connectivity index (χ0n) is 13.9. The molecule has 0 spiro atoms. The van der Waals surface area contributed by atoms with Gasteiger partial charge in [-0.15, -0.1) is 0 Å². The summed E-state index contributed by atoms with van der Waals surface area (Å²) in [5.74, 6) is -0.371. The third-order valence-electron chi connectivity index (χ3n) is 4.34. The lowest BCUT2D eigenvalue weighted by Gasteiger charge is -2.13. The minimum absolute atomic E-state index is 0.0336. The first-order valence-electron chi connectivity index (χ1n) is 7.98. The molecule has 25 heavy (non-hydrogen) atoms. The highest BCUT2D eigenvalue weighted by Crippen LogP contribution is 2.38. The zero-order chi connectivity index (χ0) is 17.6. The summed E-state index contributed by atoms with van der Waals surface area (Å²) in [7, 11) is 3.91. The minimum Gasteiger partial charge on any atom is -0.494 e. The summed E-state index contributed by atoms with van der Waals surface area (Å²) in [6.45, 7) is 0. The van der Waals surface area contributed by atoms with E-state index in [1.54, 1.807) is 0 Å². The van der Waals surface area contributed by atoms with Crippen molar-refractivity contribution in [3.8, 4) is 17.1 Å². The molecule has 1 aliphatic heterocycles. The van der Waals surface area contributed by atoms with Gasteiger partial charge in [0.25, 0.3) is 5.91 Å². The fourth-order valence-corrected chi connectivity index (χ4v) is 3.11. The van der Waals surface area contributed by atoms with Crippen LogP contribution in [0, 0.1) is 0 Å². The molecule has 5 nitrogen and oxygen atoms in total. The number of hydrogen-bond acceptors (Lipinski definition) is 3. The van der Waals surface area contributed by atoms with E-state index in [-0.39, 0.29) is 11.8 Å². The summed E-state index contributed by atoms with van der Waals surface area (Å²) in [6.07, 6.45) is 0. The molecule has 0 bridgehead atoms. The number of benzene rings is 2. The summed E-state index contributed by atoms with van der Waals surface area (Å²) < 4.78 is 0. The first kappa shape index (κ1) is 15.2. The Morgan fingerprint density at radius 2 is 1.68 bits per heavy atom. The molecule has 0 radical (unpaired) electrons. The topological polar surface area (TPSA) is 68.7 Å². The molecule has 5 heteroatoms. The van der Waals surface area contributed by atoms with Crippen LogP contribution in [0.1, 0.15) is 21.5 Å².